The van der Waals surface area contributed by atoms with E-state index in [0.717, 1.165) is 24.0 Å². The van der Waals surface area contributed by atoms with Crippen LogP contribution in [0.25, 0.3) is 10.9 Å². The first kappa shape index (κ1) is 19.0. The molecule has 1 aliphatic rings. The SMILES string of the molecule is COCCn1cc2c3c(cccc31)CN(C(=O)Nc1ccc(Br)cc1F)CC2. The van der Waals surface area contributed by atoms with Crippen LogP contribution < -0.4 is 5.32 Å². The molecule has 0 fully saturated rings. The van der Waals surface area contributed by atoms with Gasteiger partial charge in [0, 0.05) is 48.3 Å². The van der Waals surface area contributed by atoms with Gasteiger partial charge in [-0.15, -0.1) is 0 Å². The number of hydrogen-bond donors (Lipinski definition) is 1. The number of carbonyl (C=O) groups excluding carboxylic acids is 1. The lowest BCUT2D eigenvalue weighted by molar-refractivity contribution is 0.188. The largest absolute Gasteiger partial charge is 0.383 e. The number of amides is 2. The third-order valence-electron chi connectivity index (χ3n) is 5.08. The number of ether oxygens (including phenoxy) is 1. The third kappa shape index (κ3) is 3.64. The summed E-state index contributed by atoms with van der Waals surface area (Å²) in [5.74, 6) is -0.462. The van der Waals surface area contributed by atoms with Crippen molar-refractivity contribution in [2.75, 3.05) is 25.6 Å². The number of hydrogen-bond acceptors (Lipinski definition) is 2. The minimum Gasteiger partial charge on any atom is -0.383 e. The Hall–Kier alpha value is -2.38. The molecule has 1 N–H and O–H groups in total. The minimum absolute atomic E-state index is 0.181. The van der Waals surface area contributed by atoms with Crippen LogP contribution in [-0.4, -0.2) is 35.8 Å². The number of aromatic nitrogens is 1. The van der Waals surface area contributed by atoms with Gasteiger partial charge in [-0.2, -0.15) is 0 Å². The average molecular weight is 446 g/mol. The Morgan fingerprint density at radius 2 is 2.14 bits per heavy atom. The van der Waals surface area contributed by atoms with Crippen molar-refractivity contribution in [3.8, 4) is 0 Å². The van der Waals surface area contributed by atoms with Crippen molar-refractivity contribution >= 4 is 38.6 Å². The zero-order valence-corrected chi connectivity index (χ0v) is 17.1. The Balaban J connectivity index is 1.58. The number of benzene rings is 2. The molecule has 0 unspecified atom stereocenters. The van der Waals surface area contributed by atoms with E-state index in [1.165, 1.54) is 17.0 Å². The number of rotatable bonds is 4. The normalized spacial score (nSPS) is 13.6. The van der Waals surface area contributed by atoms with Gasteiger partial charge in [0.2, 0.25) is 0 Å². The van der Waals surface area contributed by atoms with E-state index in [2.05, 4.69) is 44.1 Å². The smallest absolute Gasteiger partial charge is 0.322 e. The second kappa shape index (κ2) is 7.93. The van der Waals surface area contributed by atoms with E-state index in [0.29, 0.717) is 24.2 Å². The summed E-state index contributed by atoms with van der Waals surface area (Å²) < 4.78 is 22.1. The van der Waals surface area contributed by atoms with Gasteiger partial charge in [0.05, 0.1) is 12.3 Å². The second-order valence-electron chi connectivity index (χ2n) is 6.88. The standard InChI is InChI=1S/C21H21BrFN3O2/c1-28-10-9-25-12-15-7-8-26(13-14-3-2-4-19(25)20(14)15)21(27)24-18-6-5-16(22)11-17(18)23/h2-6,11-12H,7-10,13H2,1H3,(H,24,27). The first-order valence-corrected chi connectivity index (χ1v) is 9.95. The number of nitrogens with zero attached hydrogens (tertiary/aromatic N) is 2. The van der Waals surface area contributed by atoms with Gasteiger partial charge in [0.15, 0.2) is 0 Å². The van der Waals surface area contributed by atoms with Crippen molar-refractivity contribution in [1.29, 1.82) is 0 Å². The molecule has 0 saturated heterocycles. The molecule has 28 heavy (non-hydrogen) atoms. The molecular weight excluding hydrogens is 425 g/mol. The van der Waals surface area contributed by atoms with Crippen LogP contribution in [0.15, 0.2) is 47.1 Å². The quantitative estimate of drug-likeness (QED) is 0.627. The Kier molecular flexibility index (Phi) is 5.37. The summed E-state index contributed by atoms with van der Waals surface area (Å²) in [7, 11) is 1.70. The first-order valence-electron chi connectivity index (χ1n) is 9.16. The Morgan fingerprint density at radius 1 is 1.29 bits per heavy atom. The second-order valence-corrected chi connectivity index (χ2v) is 7.79. The van der Waals surface area contributed by atoms with E-state index in [1.807, 2.05) is 6.07 Å². The molecule has 7 heteroatoms. The molecule has 0 radical (unpaired) electrons. The van der Waals surface area contributed by atoms with Gasteiger partial charge < -0.3 is 19.5 Å². The summed E-state index contributed by atoms with van der Waals surface area (Å²) in [6.45, 7) is 2.51. The zero-order valence-electron chi connectivity index (χ0n) is 15.5. The maximum absolute atomic E-state index is 14.1. The van der Waals surface area contributed by atoms with Crippen LogP contribution >= 0.6 is 15.9 Å². The van der Waals surface area contributed by atoms with E-state index in [9.17, 15) is 9.18 Å². The molecule has 0 spiro atoms. The fourth-order valence-electron chi connectivity index (χ4n) is 3.71. The molecule has 5 nitrogen and oxygen atoms in total. The lowest BCUT2D eigenvalue weighted by Gasteiger charge is -2.22. The Bertz CT molecular complexity index is 1030. The van der Waals surface area contributed by atoms with Crippen LogP contribution in [0.2, 0.25) is 0 Å². The Morgan fingerprint density at radius 3 is 2.93 bits per heavy atom. The van der Waals surface area contributed by atoms with Gasteiger partial charge >= 0.3 is 6.03 Å². The molecule has 146 valence electrons. The summed E-state index contributed by atoms with van der Waals surface area (Å²) in [5, 5.41) is 3.91. The van der Waals surface area contributed by atoms with Crippen molar-refractivity contribution < 1.29 is 13.9 Å². The van der Waals surface area contributed by atoms with Gasteiger partial charge in [-0.1, -0.05) is 28.1 Å². The number of carbonyl (C=O) groups is 1. The average Bonchev–Trinajstić information content (AvgIpc) is 2.92. The van der Waals surface area contributed by atoms with Crippen LogP contribution in [0.4, 0.5) is 14.9 Å². The fraction of sp³-hybridized carbons (Fsp3) is 0.286. The molecule has 0 saturated carbocycles. The van der Waals surface area contributed by atoms with Crippen molar-refractivity contribution in [2.45, 2.75) is 19.5 Å². The molecule has 2 heterocycles. The summed E-state index contributed by atoms with van der Waals surface area (Å²) in [4.78, 5) is 14.5. The fourth-order valence-corrected chi connectivity index (χ4v) is 4.05. The van der Waals surface area contributed by atoms with E-state index in [1.54, 1.807) is 24.1 Å². The molecule has 3 aromatic rings. The highest BCUT2D eigenvalue weighted by molar-refractivity contribution is 9.10. The van der Waals surface area contributed by atoms with E-state index < -0.39 is 5.82 Å². The predicted octanol–water partition coefficient (Wildman–Crippen LogP) is 4.78. The van der Waals surface area contributed by atoms with E-state index in [4.69, 9.17) is 4.74 Å². The van der Waals surface area contributed by atoms with Gasteiger partial charge in [-0.05, 0) is 41.8 Å². The van der Waals surface area contributed by atoms with E-state index >= 15 is 0 Å². The predicted molar refractivity (Wildman–Crippen MR) is 111 cm³/mol. The highest BCUT2D eigenvalue weighted by atomic mass is 79.9. The monoisotopic (exact) mass is 445 g/mol. The van der Waals surface area contributed by atoms with Crippen molar-refractivity contribution in [2.24, 2.45) is 0 Å². The molecule has 1 aromatic heterocycles. The van der Waals surface area contributed by atoms with Crippen LogP contribution in [0.5, 0.6) is 0 Å². The van der Waals surface area contributed by atoms with Crippen LogP contribution in [0.1, 0.15) is 11.1 Å². The topological polar surface area (TPSA) is 46.5 Å². The van der Waals surface area contributed by atoms with E-state index in [-0.39, 0.29) is 11.7 Å². The molecule has 2 aromatic carbocycles. The minimum atomic E-state index is -0.462. The van der Waals surface area contributed by atoms with Crippen LogP contribution in [-0.2, 0) is 24.2 Å². The molecule has 0 aliphatic carbocycles. The number of halogens is 2. The molecule has 4 rings (SSSR count). The number of urea groups is 1. The molecule has 1 aliphatic heterocycles. The number of nitrogens with one attached hydrogen (secondary N) is 1. The summed E-state index contributed by atoms with van der Waals surface area (Å²) in [6.07, 6.45) is 2.91. The number of anilines is 1. The summed E-state index contributed by atoms with van der Waals surface area (Å²) in [6, 6.07) is 10.5. The highest BCUT2D eigenvalue weighted by Gasteiger charge is 2.23. The molecule has 0 bridgehead atoms. The highest BCUT2D eigenvalue weighted by Crippen LogP contribution is 2.30. The molecular formula is C21H21BrFN3O2. The first-order chi connectivity index (χ1) is 13.6. The molecule has 0 atom stereocenters. The van der Waals surface area contributed by atoms with Gasteiger partial charge in [-0.25, -0.2) is 9.18 Å². The van der Waals surface area contributed by atoms with Crippen molar-refractivity contribution in [1.82, 2.24) is 9.47 Å². The maximum atomic E-state index is 14.1. The number of methoxy groups -OCH3 is 1. The van der Waals surface area contributed by atoms with Gasteiger partial charge in [0.1, 0.15) is 5.82 Å². The third-order valence-corrected chi connectivity index (χ3v) is 5.57. The van der Waals surface area contributed by atoms with Crippen LogP contribution in [0.3, 0.4) is 0 Å². The lowest BCUT2D eigenvalue weighted by Crippen LogP contribution is -2.35. The van der Waals surface area contributed by atoms with Crippen molar-refractivity contribution in [3.63, 3.8) is 0 Å². The Labute approximate surface area is 171 Å². The van der Waals surface area contributed by atoms with Crippen LogP contribution in [0, 0.1) is 5.82 Å². The maximum Gasteiger partial charge on any atom is 0.322 e. The summed E-state index contributed by atoms with van der Waals surface area (Å²) in [5.41, 5.74) is 3.67. The van der Waals surface area contributed by atoms with Gasteiger partial charge in [-0.3, -0.25) is 0 Å². The van der Waals surface area contributed by atoms with Gasteiger partial charge in [0.25, 0.3) is 0 Å². The lowest BCUT2D eigenvalue weighted by atomic mass is 10.1. The molecule has 2 amide bonds. The van der Waals surface area contributed by atoms with Crippen molar-refractivity contribution in [3.05, 3.63) is 64.0 Å². The summed E-state index contributed by atoms with van der Waals surface area (Å²) >= 11 is 3.23. The zero-order chi connectivity index (χ0) is 19.7.